The van der Waals surface area contributed by atoms with Gasteiger partial charge in [0, 0.05) is 56.0 Å². The summed E-state index contributed by atoms with van der Waals surface area (Å²) in [6.07, 6.45) is 9.73. The van der Waals surface area contributed by atoms with Crippen molar-refractivity contribution in [2.75, 3.05) is 31.1 Å². The zero-order valence-electron chi connectivity index (χ0n) is 20.4. The van der Waals surface area contributed by atoms with Gasteiger partial charge in [0.15, 0.2) is 0 Å². The smallest absolute Gasteiger partial charge is 0.255 e. The lowest BCUT2D eigenvalue weighted by Crippen LogP contribution is -2.34. The number of anilines is 1. The number of aromatic hydroxyl groups is 1. The lowest BCUT2D eigenvalue weighted by molar-refractivity contribution is 0.0952. The van der Waals surface area contributed by atoms with Crippen LogP contribution in [0, 0.1) is 0 Å². The summed E-state index contributed by atoms with van der Waals surface area (Å²) >= 11 is 0. The van der Waals surface area contributed by atoms with Gasteiger partial charge < -0.3 is 25.2 Å². The van der Waals surface area contributed by atoms with Crippen LogP contribution in [0.3, 0.4) is 0 Å². The van der Waals surface area contributed by atoms with Crippen molar-refractivity contribution in [3.63, 3.8) is 0 Å². The van der Waals surface area contributed by atoms with Crippen LogP contribution in [-0.2, 0) is 6.54 Å². The van der Waals surface area contributed by atoms with Gasteiger partial charge in [-0.1, -0.05) is 13.3 Å². The fourth-order valence-electron chi connectivity index (χ4n) is 4.59. The fourth-order valence-corrected chi connectivity index (χ4v) is 4.59. The monoisotopic (exact) mass is 477 g/mol. The van der Waals surface area contributed by atoms with Crippen LogP contribution in [0.5, 0.6) is 5.75 Å². The number of carbonyl (C=O) groups excluding carboxylic acids is 2. The van der Waals surface area contributed by atoms with Gasteiger partial charge in [-0.2, -0.15) is 0 Å². The minimum atomic E-state index is -0.179. The molecule has 3 aromatic rings. The molecule has 0 atom stereocenters. The summed E-state index contributed by atoms with van der Waals surface area (Å²) in [5, 5.41) is 16.6. The van der Waals surface area contributed by atoms with E-state index >= 15 is 0 Å². The number of fused-ring (bicyclic) bond motifs is 1. The number of amides is 2. The van der Waals surface area contributed by atoms with Crippen LogP contribution in [0.25, 0.3) is 10.9 Å². The molecule has 1 fully saturated rings. The van der Waals surface area contributed by atoms with Crippen molar-refractivity contribution >= 4 is 28.5 Å². The number of nitrogens with zero attached hydrogens (tertiary/aromatic N) is 3. The highest BCUT2D eigenvalue weighted by atomic mass is 16.3. The van der Waals surface area contributed by atoms with Crippen molar-refractivity contribution in [3.05, 3.63) is 53.9 Å². The first kappa shape index (κ1) is 24.6. The lowest BCUT2D eigenvalue weighted by atomic mass is 10.1. The molecule has 2 amide bonds. The first-order chi connectivity index (χ1) is 17.1. The number of benzene rings is 1. The van der Waals surface area contributed by atoms with Crippen molar-refractivity contribution in [2.24, 2.45) is 0 Å². The first-order valence-electron chi connectivity index (χ1n) is 12.7. The number of nitrogens with one attached hydrogen (secondary N) is 2. The maximum Gasteiger partial charge on any atom is 0.255 e. The summed E-state index contributed by atoms with van der Waals surface area (Å²) in [5.41, 5.74) is 2.09. The molecule has 1 aliphatic rings. The van der Waals surface area contributed by atoms with Crippen LogP contribution in [0.4, 0.5) is 5.82 Å². The Kier molecular flexibility index (Phi) is 8.23. The Labute approximate surface area is 206 Å². The quantitative estimate of drug-likeness (QED) is 0.382. The maximum absolute atomic E-state index is 12.9. The Balaban J connectivity index is 1.31. The topological polar surface area (TPSA) is 99.5 Å². The summed E-state index contributed by atoms with van der Waals surface area (Å²) in [7, 11) is 0. The van der Waals surface area contributed by atoms with Gasteiger partial charge in [-0.15, -0.1) is 0 Å². The van der Waals surface area contributed by atoms with E-state index in [1.54, 1.807) is 24.4 Å². The zero-order chi connectivity index (χ0) is 24.6. The number of aromatic nitrogens is 2. The molecule has 0 saturated carbocycles. The van der Waals surface area contributed by atoms with Gasteiger partial charge in [0.05, 0.1) is 11.1 Å². The molecule has 0 unspecified atom stereocenters. The van der Waals surface area contributed by atoms with Gasteiger partial charge in [-0.25, -0.2) is 4.98 Å². The molecule has 0 radical (unpaired) electrons. The second kappa shape index (κ2) is 11.7. The number of hydrogen-bond donors (Lipinski definition) is 3. The lowest BCUT2D eigenvalue weighted by Gasteiger charge is -2.29. The van der Waals surface area contributed by atoms with Crippen molar-refractivity contribution in [1.29, 1.82) is 0 Å². The summed E-state index contributed by atoms with van der Waals surface area (Å²) in [6, 6.07) is 8.74. The molecule has 8 heteroatoms. The minimum absolute atomic E-state index is 0.139. The third-order valence-electron chi connectivity index (χ3n) is 6.47. The second-order valence-corrected chi connectivity index (χ2v) is 9.08. The predicted molar refractivity (Wildman–Crippen MR) is 138 cm³/mol. The van der Waals surface area contributed by atoms with E-state index in [4.69, 9.17) is 0 Å². The zero-order valence-corrected chi connectivity index (χ0v) is 20.4. The van der Waals surface area contributed by atoms with E-state index < -0.39 is 0 Å². The van der Waals surface area contributed by atoms with Crippen molar-refractivity contribution < 1.29 is 14.7 Å². The third kappa shape index (κ3) is 5.93. The molecule has 0 spiro atoms. The van der Waals surface area contributed by atoms with Crippen LogP contribution in [-0.4, -0.2) is 52.7 Å². The highest BCUT2D eigenvalue weighted by Gasteiger charge is 2.19. The Morgan fingerprint density at radius 3 is 2.49 bits per heavy atom. The molecule has 2 aromatic heterocycles. The van der Waals surface area contributed by atoms with E-state index in [9.17, 15) is 14.7 Å². The molecule has 35 heavy (non-hydrogen) atoms. The van der Waals surface area contributed by atoms with Crippen LogP contribution in [0.2, 0.25) is 0 Å². The SMILES string of the molecule is CCCCn1cc(C(=O)NCCCNC(=O)c2cccnc2N2CCCCC2)c2cc(O)ccc21. The number of rotatable bonds is 10. The second-order valence-electron chi connectivity index (χ2n) is 9.08. The van der Waals surface area contributed by atoms with E-state index in [0.29, 0.717) is 30.6 Å². The van der Waals surface area contributed by atoms with Gasteiger partial charge in [0.25, 0.3) is 11.8 Å². The molecular formula is C27H35N5O3. The minimum Gasteiger partial charge on any atom is -0.508 e. The molecule has 1 saturated heterocycles. The molecule has 0 aliphatic carbocycles. The number of unbranched alkanes of at least 4 members (excludes halogenated alkanes) is 1. The molecule has 186 valence electrons. The highest BCUT2D eigenvalue weighted by molar-refractivity contribution is 6.07. The number of carbonyl (C=O) groups is 2. The van der Waals surface area contributed by atoms with Crippen molar-refractivity contribution in [3.8, 4) is 5.75 Å². The Morgan fingerprint density at radius 2 is 1.74 bits per heavy atom. The third-order valence-corrected chi connectivity index (χ3v) is 6.47. The summed E-state index contributed by atoms with van der Waals surface area (Å²) in [6.45, 7) is 5.70. The largest absolute Gasteiger partial charge is 0.508 e. The fraction of sp³-hybridized carbons (Fsp3) is 0.444. The number of piperidine rings is 1. The Hall–Kier alpha value is -3.55. The van der Waals surface area contributed by atoms with Gasteiger partial charge >= 0.3 is 0 Å². The number of phenolic OH excluding ortho intramolecular Hbond substituents is 1. The van der Waals surface area contributed by atoms with Crippen molar-refractivity contribution in [1.82, 2.24) is 20.2 Å². The summed E-state index contributed by atoms with van der Waals surface area (Å²) < 4.78 is 2.07. The maximum atomic E-state index is 12.9. The average molecular weight is 478 g/mol. The molecule has 1 aliphatic heterocycles. The predicted octanol–water partition coefficient (Wildman–Crippen LogP) is 4.08. The van der Waals surface area contributed by atoms with Crippen molar-refractivity contribution in [2.45, 2.75) is 52.0 Å². The molecule has 8 nitrogen and oxygen atoms in total. The van der Waals surface area contributed by atoms with Gasteiger partial charge in [0.1, 0.15) is 11.6 Å². The standard InChI is InChI=1S/C27H35N5O3/c1-2-3-15-32-19-23(22-18-20(33)10-11-24(22)32)27(35)30-14-8-13-29-26(34)21-9-7-12-28-25(21)31-16-5-4-6-17-31/h7,9-12,18-19,33H,2-6,8,13-17H2,1H3,(H,29,34)(H,30,35). The van der Waals surface area contributed by atoms with E-state index in [0.717, 1.165) is 62.0 Å². The van der Waals surface area contributed by atoms with Gasteiger partial charge in [0.2, 0.25) is 0 Å². The summed E-state index contributed by atoms with van der Waals surface area (Å²) in [4.78, 5) is 32.3. The normalized spacial score (nSPS) is 13.7. The molecule has 3 heterocycles. The van der Waals surface area contributed by atoms with Crippen LogP contribution in [0.1, 0.15) is 66.2 Å². The van der Waals surface area contributed by atoms with E-state index in [2.05, 4.69) is 32.0 Å². The number of aryl methyl sites for hydroxylation is 1. The Morgan fingerprint density at radius 1 is 1.00 bits per heavy atom. The van der Waals surface area contributed by atoms with E-state index in [1.165, 1.54) is 6.42 Å². The molecule has 4 rings (SSSR count). The van der Waals surface area contributed by atoms with Crippen LogP contribution in [0.15, 0.2) is 42.7 Å². The number of hydrogen-bond acceptors (Lipinski definition) is 5. The molecular weight excluding hydrogens is 442 g/mol. The van der Waals surface area contributed by atoms with Gasteiger partial charge in [-0.05, 0) is 62.4 Å². The first-order valence-corrected chi connectivity index (χ1v) is 12.7. The number of phenols is 1. The van der Waals surface area contributed by atoms with Crippen LogP contribution < -0.4 is 15.5 Å². The molecule has 0 bridgehead atoms. The Bertz CT molecular complexity index is 1170. The molecule has 1 aromatic carbocycles. The van der Waals surface area contributed by atoms with Gasteiger partial charge in [-0.3, -0.25) is 9.59 Å². The van der Waals surface area contributed by atoms with E-state index in [-0.39, 0.29) is 17.6 Å². The highest BCUT2D eigenvalue weighted by Crippen LogP contribution is 2.26. The number of pyridine rings is 1. The molecule has 3 N–H and O–H groups in total. The summed E-state index contributed by atoms with van der Waals surface area (Å²) in [5.74, 6) is 0.573. The average Bonchev–Trinajstić information content (AvgIpc) is 3.25. The van der Waals surface area contributed by atoms with Crippen LogP contribution >= 0.6 is 0 Å². The van der Waals surface area contributed by atoms with E-state index in [1.807, 2.05) is 18.3 Å².